The number of carbonyl (C=O) groups excluding carboxylic acids is 1. The lowest BCUT2D eigenvalue weighted by molar-refractivity contribution is -0.121. The van der Waals surface area contributed by atoms with Gasteiger partial charge in [0.15, 0.2) is 11.5 Å². The van der Waals surface area contributed by atoms with E-state index in [0.29, 0.717) is 36.6 Å². The summed E-state index contributed by atoms with van der Waals surface area (Å²) in [6, 6.07) is 7.47. The number of amides is 1. The number of methoxy groups -OCH3 is 3. The Morgan fingerprint density at radius 2 is 1.81 bits per heavy atom. The van der Waals surface area contributed by atoms with E-state index < -0.39 is 0 Å². The van der Waals surface area contributed by atoms with E-state index >= 15 is 0 Å². The number of likely N-dealkylation sites (N-methyl/N-ethyl adjacent to an activating group) is 1. The van der Waals surface area contributed by atoms with Gasteiger partial charge in [0.2, 0.25) is 11.7 Å². The first kappa shape index (κ1) is 20.6. The third kappa shape index (κ3) is 5.40. The monoisotopic (exact) mass is 376 g/mol. The number of hydrogen-bond donors (Lipinski definition) is 1. The predicted molar refractivity (Wildman–Crippen MR) is 103 cm³/mol. The lowest BCUT2D eigenvalue weighted by atomic mass is 10.1. The Hall–Kier alpha value is -2.67. The molecular formula is C20H28N2O5. The summed E-state index contributed by atoms with van der Waals surface area (Å²) >= 11 is 0. The van der Waals surface area contributed by atoms with Crippen LogP contribution in [0.2, 0.25) is 0 Å². The van der Waals surface area contributed by atoms with E-state index in [0.717, 1.165) is 11.3 Å². The molecule has 0 radical (unpaired) electrons. The van der Waals surface area contributed by atoms with Gasteiger partial charge in [-0.3, -0.25) is 9.69 Å². The second kappa shape index (κ2) is 9.87. The minimum absolute atomic E-state index is 0.00914. The van der Waals surface area contributed by atoms with Crippen LogP contribution in [0.5, 0.6) is 17.2 Å². The fourth-order valence-electron chi connectivity index (χ4n) is 2.86. The van der Waals surface area contributed by atoms with Crippen molar-refractivity contribution in [1.82, 2.24) is 10.2 Å². The molecule has 0 bridgehead atoms. The van der Waals surface area contributed by atoms with Gasteiger partial charge in [0.25, 0.3) is 0 Å². The minimum Gasteiger partial charge on any atom is -0.493 e. The Kier molecular flexibility index (Phi) is 7.55. The molecular weight excluding hydrogens is 348 g/mol. The lowest BCUT2D eigenvalue weighted by Gasteiger charge is -2.22. The molecule has 7 heteroatoms. The summed E-state index contributed by atoms with van der Waals surface area (Å²) in [7, 11) is 8.62. The van der Waals surface area contributed by atoms with Crippen molar-refractivity contribution in [3.8, 4) is 17.2 Å². The van der Waals surface area contributed by atoms with Gasteiger partial charge in [0, 0.05) is 13.0 Å². The molecule has 1 unspecified atom stereocenters. The second-order valence-electron chi connectivity index (χ2n) is 6.33. The van der Waals surface area contributed by atoms with Crippen molar-refractivity contribution in [1.29, 1.82) is 0 Å². The largest absolute Gasteiger partial charge is 0.493 e. The van der Waals surface area contributed by atoms with Crippen LogP contribution in [0.25, 0.3) is 0 Å². The summed E-state index contributed by atoms with van der Waals surface area (Å²) in [5, 5.41) is 2.97. The number of carbonyl (C=O) groups is 1. The minimum atomic E-state index is -0.0258. The van der Waals surface area contributed by atoms with Crippen LogP contribution in [0.1, 0.15) is 23.8 Å². The summed E-state index contributed by atoms with van der Waals surface area (Å²) in [6.07, 6.45) is 2.56. The van der Waals surface area contributed by atoms with Crippen molar-refractivity contribution in [2.45, 2.75) is 18.9 Å². The van der Waals surface area contributed by atoms with Gasteiger partial charge in [-0.1, -0.05) is 0 Å². The van der Waals surface area contributed by atoms with E-state index in [9.17, 15) is 4.79 Å². The van der Waals surface area contributed by atoms with Crippen LogP contribution < -0.4 is 19.5 Å². The van der Waals surface area contributed by atoms with Gasteiger partial charge in [-0.15, -0.1) is 0 Å². The maximum atomic E-state index is 12.3. The Morgan fingerprint density at radius 3 is 2.30 bits per heavy atom. The molecule has 1 amide bonds. The van der Waals surface area contributed by atoms with Crippen LogP contribution in [0.4, 0.5) is 0 Å². The Morgan fingerprint density at radius 1 is 1.15 bits per heavy atom. The standard InChI is InChI=1S/C20H28N2O5/c1-22(2)15(16-7-6-10-27-16)13-21-19(23)9-8-14-11-17(24-3)20(26-5)18(12-14)25-4/h6-7,10-12,15H,8-9,13H2,1-5H3,(H,21,23). The molecule has 1 aromatic carbocycles. The SMILES string of the molecule is COc1cc(CCC(=O)NCC(c2ccco2)N(C)C)cc(OC)c1OC. The van der Waals surface area contributed by atoms with Crippen molar-refractivity contribution in [3.05, 3.63) is 41.9 Å². The molecule has 1 aromatic heterocycles. The second-order valence-corrected chi connectivity index (χ2v) is 6.33. The van der Waals surface area contributed by atoms with Gasteiger partial charge >= 0.3 is 0 Å². The van der Waals surface area contributed by atoms with Crippen LogP contribution in [-0.4, -0.2) is 52.8 Å². The number of aryl methyl sites for hydroxylation is 1. The molecule has 0 saturated carbocycles. The third-order valence-corrected chi connectivity index (χ3v) is 4.35. The molecule has 0 aliphatic rings. The highest BCUT2D eigenvalue weighted by Crippen LogP contribution is 2.38. The molecule has 0 saturated heterocycles. The molecule has 1 heterocycles. The quantitative estimate of drug-likeness (QED) is 0.687. The van der Waals surface area contributed by atoms with E-state index in [1.54, 1.807) is 27.6 Å². The Balaban J connectivity index is 1.95. The number of nitrogens with zero attached hydrogens (tertiary/aromatic N) is 1. The van der Waals surface area contributed by atoms with Gasteiger partial charge < -0.3 is 23.9 Å². The van der Waals surface area contributed by atoms with E-state index in [-0.39, 0.29) is 11.9 Å². The van der Waals surface area contributed by atoms with Gasteiger partial charge in [0.05, 0.1) is 33.6 Å². The Labute approximate surface area is 160 Å². The lowest BCUT2D eigenvalue weighted by Crippen LogP contribution is -2.34. The first-order chi connectivity index (χ1) is 13.0. The van der Waals surface area contributed by atoms with E-state index in [4.69, 9.17) is 18.6 Å². The number of rotatable bonds is 10. The third-order valence-electron chi connectivity index (χ3n) is 4.35. The zero-order valence-corrected chi connectivity index (χ0v) is 16.6. The predicted octanol–water partition coefficient (Wildman–Crippen LogP) is 2.66. The molecule has 2 rings (SSSR count). The zero-order chi connectivity index (χ0) is 19.8. The topological polar surface area (TPSA) is 73.2 Å². The van der Waals surface area contributed by atoms with Crippen molar-refractivity contribution in [2.24, 2.45) is 0 Å². The first-order valence-electron chi connectivity index (χ1n) is 8.75. The average Bonchev–Trinajstić information content (AvgIpc) is 3.19. The molecule has 0 fully saturated rings. The van der Waals surface area contributed by atoms with Crippen LogP contribution in [-0.2, 0) is 11.2 Å². The van der Waals surface area contributed by atoms with Crippen LogP contribution in [0, 0.1) is 0 Å². The van der Waals surface area contributed by atoms with Gasteiger partial charge in [-0.05, 0) is 50.3 Å². The van der Waals surface area contributed by atoms with Crippen molar-refractivity contribution >= 4 is 5.91 Å². The number of benzene rings is 1. The van der Waals surface area contributed by atoms with Gasteiger partial charge in [-0.2, -0.15) is 0 Å². The number of furan rings is 1. The van der Waals surface area contributed by atoms with E-state index in [1.807, 2.05) is 43.3 Å². The molecule has 148 valence electrons. The number of nitrogens with one attached hydrogen (secondary N) is 1. The molecule has 0 aliphatic carbocycles. The van der Waals surface area contributed by atoms with Crippen molar-refractivity contribution in [3.63, 3.8) is 0 Å². The molecule has 2 aromatic rings. The fourth-order valence-corrected chi connectivity index (χ4v) is 2.86. The maximum absolute atomic E-state index is 12.3. The molecule has 7 nitrogen and oxygen atoms in total. The highest BCUT2D eigenvalue weighted by atomic mass is 16.5. The Bertz CT molecular complexity index is 703. The normalized spacial score (nSPS) is 11.9. The van der Waals surface area contributed by atoms with E-state index in [1.165, 1.54) is 0 Å². The van der Waals surface area contributed by atoms with Crippen LogP contribution in [0.3, 0.4) is 0 Å². The number of ether oxygens (including phenoxy) is 3. The molecule has 1 N–H and O–H groups in total. The fraction of sp³-hybridized carbons (Fsp3) is 0.450. The van der Waals surface area contributed by atoms with E-state index in [2.05, 4.69) is 5.32 Å². The average molecular weight is 376 g/mol. The van der Waals surface area contributed by atoms with Crippen LogP contribution in [0.15, 0.2) is 34.9 Å². The highest BCUT2D eigenvalue weighted by molar-refractivity contribution is 5.76. The highest BCUT2D eigenvalue weighted by Gasteiger charge is 2.18. The summed E-state index contributed by atoms with van der Waals surface area (Å²) < 4.78 is 21.5. The maximum Gasteiger partial charge on any atom is 0.220 e. The van der Waals surface area contributed by atoms with Crippen molar-refractivity contribution < 1.29 is 23.4 Å². The molecule has 0 spiro atoms. The summed E-state index contributed by atoms with van der Waals surface area (Å²) in [5.41, 5.74) is 0.940. The molecule has 27 heavy (non-hydrogen) atoms. The molecule has 1 atom stereocenters. The van der Waals surface area contributed by atoms with Crippen molar-refractivity contribution in [2.75, 3.05) is 42.0 Å². The van der Waals surface area contributed by atoms with Crippen LogP contribution >= 0.6 is 0 Å². The first-order valence-corrected chi connectivity index (χ1v) is 8.75. The molecule has 0 aliphatic heterocycles. The summed E-state index contributed by atoms with van der Waals surface area (Å²) in [4.78, 5) is 14.3. The smallest absolute Gasteiger partial charge is 0.220 e. The van der Waals surface area contributed by atoms with Gasteiger partial charge in [-0.25, -0.2) is 0 Å². The zero-order valence-electron chi connectivity index (χ0n) is 16.6. The summed E-state index contributed by atoms with van der Waals surface area (Å²) in [6.45, 7) is 0.481. The number of hydrogen-bond acceptors (Lipinski definition) is 6. The van der Waals surface area contributed by atoms with Gasteiger partial charge in [0.1, 0.15) is 5.76 Å². The summed E-state index contributed by atoms with van der Waals surface area (Å²) in [5.74, 6) is 2.50.